The van der Waals surface area contributed by atoms with E-state index in [4.69, 9.17) is 9.16 Å². The van der Waals surface area contributed by atoms with E-state index in [1.807, 2.05) is 6.08 Å². The summed E-state index contributed by atoms with van der Waals surface area (Å²) in [6.07, 6.45) is 7.30. The quantitative estimate of drug-likeness (QED) is 0.352. The number of nitrogens with one attached hydrogen (secondary N) is 1. The number of esters is 1. The Labute approximate surface area is 185 Å². The monoisotopic (exact) mass is 448 g/mol. The predicted molar refractivity (Wildman–Crippen MR) is 125 cm³/mol. The van der Waals surface area contributed by atoms with Crippen LogP contribution in [0.2, 0.25) is 18.1 Å². The minimum absolute atomic E-state index is 0.0317. The second kappa shape index (κ2) is 9.95. The van der Waals surface area contributed by atoms with Crippen molar-refractivity contribution in [1.29, 1.82) is 0 Å². The van der Waals surface area contributed by atoms with Crippen molar-refractivity contribution in [3.05, 3.63) is 56.9 Å². The molecule has 0 amide bonds. The van der Waals surface area contributed by atoms with Gasteiger partial charge in [0.2, 0.25) is 0 Å². The molecule has 0 aromatic carbocycles. The number of aromatic nitrogens is 2. The average Bonchev–Trinajstić information content (AvgIpc) is 3.07. The topological polar surface area (TPSA) is 90.4 Å². The lowest BCUT2D eigenvalue weighted by atomic mass is 9.99. The molecule has 8 heteroatoms. The predicted octanol–water partition coefficient (Wildman–Crippen LogP) is 3.80. The number of nitrogens with zero attached hydrogens (tertiary/aromatic N) is 1. The zero-order valence-electron chi connectivity index (χ0n) is 19.7. The van der Waals surface area contributed by atoms with E-state index in [9.17, 15) is 14.4 Å². The zero-order chi connectivity index (χ0) is 23.4. The van der Waals surface area contributed by atoms with E-state index in [2.05, 4.69) is 45.8 Å². The van der Waals surface area contributed by atoms with Gasteiger partial charge in [0.25, 0.3) is 5.56 Å². The molecule has 31 heavy (non-hydrogen) atoms. The maximum Gasteiger partial charge on any atom is 0.330 e. The summed E-state index contributed by atoms with van der Waals surface area (Å²) in [5, 5.41) is 0.0888. The second-order valence-electron chi connectivity index (χ2n) is 9.47. The Morgan fingerprint density at radius 3 is 2.61 bits per heavy atom. The number of ether oxygens (including phenoxy) is 1. The van der Waals surface area contributed by atoms with E-state index < -0.39 is 25.5 Å². The molecule has 2 atom stereocenters. The summed E-state index contributed by atoms with van der Waals surface area (Å²) in [6.45, 7) is 16.0. The smallest absolute Gasteiger partial charge is 0.330 e. The lowest BCUT2D eigenvalue weighted by Gasteiger charge is -2.43. The Morgan fingerprint density at radius 2 is 2.03 bits per heavy atom. The molecule has 0 saturated carbocycles. The first-order chi connectivity index (χ1) is 14.4. The number of hydrogen-bond donors (Lipinski definition) is 1. The molecular weight excluding hydrogens is 412 g/mol. The number of allylic oxidation sites excluding steroid dienone is 2. The largest absolute Gasteiger partial charge is 0.463 e. The second-order valence-corrected chi connectivity index (χ2v) is 14.1. The third kappa shape index (κ3) is 5.95. The van der Waals surface area contributed by atoms with Gasteiger partial charge in [0, 0.05) is 30.9 Å². The van der Waals surface area contributed by atoms with Crippen molar-refractivity contribution in [2.24, 2.45) is 11.8 Å². The number of H-pyrrole nitrogens is 1. The molecule has 7 nitrogen and oxygen atoms in total. The highest BCUT2D eigenvalue weighted by Gasteiger charge is 2.44. The zero-order valence-corrected chi connectivity index (χ0v) is 20.7. The van der Waals surface area contributed by atoms with Crippen LogP contribution in [0.3, 0.4) is 0 Å². The molecule has 0 bridgehead atoms. The van der Waals surface area contributed by atoms with Crippen molar-refractivity contribution in [2.75, 3.05) is 13.2 Å². The summed E-state index contributed by atoms with van der Waals surface area (Å²) in [7, 11) is -2.03. The van der Waals surface area contributed by atoms with E-state index in [1.54, 1.807) is 13.0 Å². The van der Waals surface area contributed by atoms with Crippen molar-refractivity contribution >= 4 is 14.3 Å². The molecule has 1 N–H and O–H groups in total. The number of carbonyl (C=O) groups excluding carboxylic acids is 1. The molecule has 0 aliphatic heterocycles. The number of rotatable bonds is 9. The van der Waals surface area contributed by atoms with Gasteiger partial charge in [-0.2, -0.15) is 0 Å². The van der Waals surface area contributed by atoms with Gasteiger partial charge in [0.15, 0.2) is 8.32 Å². The molecule has 1 aromatic rings. The van der Waals surface area contributed by atoms with Crippen LogP contribution in [0.5, 0.6) is 0 Å². The van der Waals surface area contributed by atoms with Crippen molar-refractivity contribution in [3.63, 3.8) is 0 Å². The molecule has 1 heterocycles. The third-order valence-electron chi connectivity index (χ3n) is 6.93. The number of aromatic amines is 1. The average molecular weight is 449 g/mol. The molecular formula is C23H36N2O5Si. The van der Waals surface area contributed by atoms with Gasteiger partial charge in [0.1, 0.15) is 0 Å². The van der Waals surface area contributed by atoms with Gasteiger partial charge in [-0.1, -0.05) is 39.8 Å². The van der Waals surface area contributed by atoms with E-state index in [-0.39, 0.29) is 17.0 Å². The Bertz CT molecular complexity index is 955. The normalized spacial score (nSPS) is 19.8. The van der Waals surface area contributed by atoms with E-state index >= 15 is 0 Å². The molecule has 172 valence electrons. The van der Waals surface area contributed by atoms with Crippen LogP contribution in [0, 0.1) is 11.8 Å². The van der Waals surface area contributed by atoms with Crippen molar-refractivity contribution in [2.45, 2.75) is 65.2 Å². The number of hydrogen-bond acceptors (Lipinski definition) is 5. The third-order valence-corrected chi connectivity index (χ3v) is 11.5. The molecule has 0 radical (unpaired) electrons. The Kier molecular flexibility index (Phi) is 8.05. The maximum absolute atomic E-state index is 12.3. The van der Waals surface area contributed by atoms with Crippen LogP contribution in [-0.2, 0) is 14.0 Å². The van der Waals surface area contributed by atoms with Gasteiger partial charge in [-0.15, -0.1) is 0 Å². The maximum atomic E-state index is 12.3. The molecule has 0 fully saturated rings. The van der Waals surface area contributed by atoms with Crippen LogP contribution >= 0.6 is 0 Å². The first-order valence-corrected chi connectivity index (χ1v) is 13.8. The van der Waals surface area contributed by atoms with Gasteiger partial charge in [-0.05, 0) is 43.0 Å². The fourth-order valence-electron chi connectivity index (χ4n) is 3.64. The van der Waals surface area contributed by atoms with Gasteiger partial charge in [-0.25, -0.2) is 9.59 Å². The Balaban J connectivity index is 2.27. The fourth-order valence-corrected chi connectivity index (χ4v) is 6.02. The van der Waals surface area contributed by atoms with Crippen LogP contribution in [0.25, 0.3) is 0 Å². The molecule has 0 unspecified atom stereocenters. The lowest BCUT2D eigenvalue weighted by molar-refractivity contribution is -0.137. The minimum atomic E-state index is -2.03. The van der Waals surface area contributed by atoms with E-state index in [0.717, 1.165) is 5.57 Å². The van der Waals surface area contributed by atoms with Crippen molar-refractivity contribution in [1.82, 2.24) is 9.55 Å². The van der Waals surface area contributed by atoms with Crippen LogP contribution in [-0.4, -0.2) is 37.1 Å². The highest BCUT2D eigenvalue weighted by molar-refractivity contribution is 6.74. The highest BCUT2D eigenvalue weighted by Crippen LogP contribution is 2.45. The first-order valence-electron chi connectivity index (χ1n) is 10.9. The Morgan fingerprint density at radius 1 is 1.35 bits per heavy atom. The first kappa shape index (κ1) is 25.1. The Hall–Kier alpha value is -2.19. The van der Waals surface area contributed by atoms with Crippen LogP contribution < -0.4 is 11.2 Å². The van der Waals surface area contributed by atoms with Gasteiger partial charge >= 0.3 is 11.7 Å². The summed E-state index contributed by atoms with van der Waals surface area (Å²) in [6, 6.07) is 1.12. The van der Waals surface area contributed by atoms with E-state index in [0.29, 0.717) is 25.6 Å². The summed E-state index contributed by atoms with van der Waals surface area (Å²) < 4.78 is 13.1. The molecule has 1 aromatic heterocycles. The minimum Gasteiger partial charge on any atom is -0.463 e. The van der Waals surface area contributed by atoms with Crippen molar-refractivity contribution in [3.8, 4) is 0 Å². The van der Waals surface area contributed by atoms with E-state index in [1.165, 1.54) is 22.9 Å². The van der Waals surface area contributed by atoms with Crippen molar-refractivity contribution < 1.29 is 14.0 Å². The molecule has 0 saturated heterocycles. The summed E-state index contributed by atoms with van der Waals surface area (Å²) in [4.78, 5) is 37.8. The summed E-state index contributed by atoms with van der Waals surface area (Å²) >= 11 is 0. The van der Waals surface area contributed by atoms with Crippen LogP contribution in [0.1, 0.15) is 47.1 Å². The SMILES string of the molecule is CCOC(=O)/C=C/C1=C[C@H](n2ccc(=O)[nH]c2=O)C[C@@H]1CO[Si](C)(C)C(C)(C)C(C)C. The standard InChI is InChI=1S/C23H36N2O5Si/c1-8-29-21(27)10-9-17-13-19(25-12-11-20(26)24-22(25)28)14-18(17)15-30-31(6,7)23(4,5)16(2)3/h9-13,16,18-19H,8,14-15H2,1-7H3,(H,24,26,28)/b10-9+/t18-,19+/m1/s1. The van der Waals surface area contributed by atoms with Crippen LogP contribution in [0.4, 0.5) is 0 Å². The molecule has 0 spiro atoms. The fraction of sp³-hybridized carbons (Fsp3) is 0.609. The highest BCUT2D eigenvalue weighted by atomic mass is 28.4. The van der Waals surface area contributed by atoms with Crippen LogP contribution in [0.15, 0.2) is 45.7 Å². The van der Waals surface area contributed by atoms with Gasteiger partial charge < -0.3 is 9.16 Å². The molecule has 1 aliphatic rings. The number of carbonyl (C=O) groups is 1. The molecule has 1 aliphatic carbocycles. The van der Waals surface area contributed by atoms with Gasteiger partial charge in [0.05, 0.1) is 12.6 Å². The summed E-state index contributed by atoms with van der Waals surface area (Å²) in [5.74, 6) is 0.122. The van der Waals surface area contributed by atoms with Gasteiger partial charge in [-0.3, -0.25) is 14.3 Å². The lowest BCUT2D eigenvalue weighted by Crippen LogP contribution is -2.46. The summed E-state index contributed by atoms with van der Waals surface area (Å²) in [5.41, 5.74) is 0.0669. The molecule has 2 rings (SSSR count).